The summed E-state index contributed by atoms with van der Waals surface area (Å²) >= 11 is 5.99. The van der Waals surface area contributed by atoms with E-state index in [1.807, 2.05) is 12.1 Å². The summed E-state index contributed by atoms with van der Waals surface area (Å²) in [5.74, 6) is 0. The molecule has 0 aliphatic carbocycles. The molecule has 1 aromatic heterocycles. The molecule has 102 valence electrons. The molecule has 3 rings (SSSR count). The zero-order valence-corrected chi connectivity index (χ0v) is 11.8. The van der Waals surface area contributed by atoms with Gasteiger partial charge in [-0.15, -0.1) is 0 Å². The molecule has 1 aliphatic heterocycles. The number of fused-ring (bicyclic) bond motifs is 1. The number of rotatable bonds is 5. The molecule has 0 unspecified atom stereocenters. The van der Waals surface area contributed by atoms with E-state index >= 15 is 0 Å². The van der Waals surface area contributed by atoms with Crippen molar-refractivity contribution >= 4 is 22.5 Å². The molecular formula is C15H20ClN3. The second-order valence-electron chi connectivity index (χ2n) is 5.25. The van der Waals surface area contributed by atoms with Crippen LogP contribution in [0.4, 0.5) is 0 Å². The van der Waals surface area contributed by atoms with Gasteiger partial charge in [0.2, 0.25) is 0 Å². The average Bonchev–Trinajstić information content (AvgIpc) is 3.02. The fourth-order valence-electron chi connectivity index (χ4n) is 2.72. The highest BCUT2D eigenvalue weighted by Crippen LogP contribution is 2.19. The smallest absolute Gasteiger partial charge is 0.0471 e. The first kappa shape index (κ1) is 13.0. The van der Waals surface area contributed by atoms with Crippen molar-refractivity contribution < 1.29 is 0 Å². The number of hydrogen-bond acceptors (Lipinski definition) is 2. The van der Waals surface area contributed by atoms with Crippen molar-refractivity contribution in [2.45, 2.75) is 19.4 Å². The van der Waals surface area contributed by atoms with E-state index in [0.29, 0.717) is 0 Å². The summed E-state index contributed by atoms with van der Waals surface area (Å²) < 4.78 is 0. The maximum Gasteiger partial charge on any atom is 0.0471 e. The number of aromatic amines is 1. The van der Waals surface area contributed by atoms with Crippen molar-refractivity contribution in [3.63, 3.8) is 0 Å². The van der Waals surface area contributed by atoms with Crippen molar-refractivity contribution in [2.75, 3.05) is 26.2 Å². The molecule has 0 spiro atoms. The second-order valence-corrected chi connectivity index (χ2v) is 5.69. The van der Waals surface area contributed by atoms with Crippen molar-refractivity contribution in [2.24, 2.45) is 0 Å². The molecule has 1 aromatic carbocycles. The quantitative estimate of drug-likeness (QED) is 0.823. The van der Waals surface area contributed by atoms with Gasteiger partial charge in [-0.05, 0) is 49.5 Å². The topological polar surface area (TPSA) is 31.1 Å². The van der Waals surface area contributed by atoms with Crippen LogP contribution in [0.25, 0.3) is 10.9 Å². The monoisotopic (exact) mass is 277 g/mol. The summed E-state index contributed by atoms with van der Waals surface area (Å²) in [6, 6.07) is 8.16. The van der Waals surface area contributed by atoms with E-state index in [0.717, 1.165) is 30.2 Å². The van der Waals surface area contributed by atoms with Crippen LogP contribution in [0, 0.1) is 0 Å². The molecule has 0 saturated carbocycles. The average molecular weight is 278 g/mol. The van der Waals surface area contributed by atoms with Crippen LogP contribution >= 0.6 is 11.6 Å². The Bertz CT molecular complexity index is 543. The van der Waals surface area contributed by atoms with E-state index in [1.165, 1.54) is 37.0 Å². The number of halogens is 1. The SMILES string of the molecule is Clc1ccc2cc(CNCCN3CCCC3)[nH]c2c1. The van der Waals surface area contributed by atoms with E-state index in [1.54, 1.807) is 0 Å². The Morgan fingerprint density at radius 1 is 1.21 bits per heavy atom. The number of H-pyrrole nitrogens is 1. The number of nitrogens with zero attached hydrogens (tertiary/aromatic N) is 1. The van der Waals surface area contributed by atoms with Gasteiger partial charge in [0.05, 0.1) is 0 Å². The Balaban J connectivity index is 1.50. The van der Waals surface area contributed by atoms with Gasteiger partial charge in [-0.1, -0.05) is 17.7 Å². The first-order chi connectivity index (χ1) is 9.31. The third kappa shape index (κ3) is 3.30. The minimum Gasteiger partial charge on any atom is -0.357 e. The van der Waals surface area contributed by atoms with Gasteiger partial charge in [-0.25, -0.2) is 0 Å². The van der Waals surface area contributed by atoms with Gasteiger partial charge in [0.15, 0.2) is 0 Å². The van der Waals surface area contributed by atoms with E-state index in [9.17, 15) is 0 Å². The van der Waals surface area contributed by atoms with Crippen LogP contribution in [-0.4, -0.2) is 36.1 Å². The predicted octanol–water partition coefficient (Wildman–Crippen LogP) is 3.01. The fraction of sp³-hybridized carbons (Fsp3) is 0.467. The molecule has 0 bridgehead atoms. The number of hydrogen-bond donors (Lipinski definition) is 2. The van der Waals surface area contributed by atoms with Crippen LogP contribution in [0.5, 0.6) is 0 Å². The van der Waals surface area contributed by atoms with E-state index in [-0.39, 0.29) is 0 Å². The standard InChI is InChI=1S/C15H20ClN3/c16-13-4-3-12-9-14(18-15(12)10-13)11-17-5-8-19-6-1-2-7-19/h3-4,9-10,17-18H,1-2,5-8,11H2. The van der Waals surface area contributed by atoms with Crippen LogP contribution < -0.4 is 5.32 Å². The van der Waals surface area contributed by atoms with E-state index < -0.39 is 0 Å². The van der Waals surface area contributed by atoms with Gasteiger partial charge in [-0.2, -0.15) is 0 Å². The maximum atomic E-state index is 5.99. The van der Waals surface area contributed by atoms with Gasteiger partial charge in [0.25, 0.3) is 0 Å². The summed E-state index contributed by atoms with van der Waals surface area (Å²) in [5.41, 5.74) is 2.34. The van der Waals surface area contributed by atoms with Gasteiger partial charge >= 0.3 is 0 Å². The fourth-order valence-corrected chi connectivity index (χ4v) is 2.89. The minimum absolute atomic E-state index is 0.780. The highest BCUT2D eigenvalue weighted by Gasteiger charge is 2.10. The van der Waals surface area contributed by atoms with Crippen LogP contribution in [-0.2, 0) is 6.54 Å². The van der Waals surface area contributed by atoms with E-state index in [2.05, 4.69) is 27.3 Å². The molecule has 19 heavy (non-hydrogen) atoms. The second kappa shape index (κ2) is 5.95. The first-order valence-corrected chi connectivity index (χ1v) is 7.39. The Hall–Kier alpha value is -1.03. The molecular weight excluding hydrogens is 258 g/mol. The lowest BCUT2D eigenvalue weighted by Crippen LogP contribution is -2.29. The molecule has 2 aromatic rings. The largest absolute Gasteiger partial charge is 0.357 e. The van der Waals surface area contributed by atoms with Gasteiger partial charge in [-0.3, -0.25) is 0 Å². The van der Waals surface area contributed by atoms with Gasteiger partial charge in [0.1, 0.15) is 0 Å². The van der Waals surface area contributed by atoms with Crippen molar-refractivity contribution in [1.29, 1.82) is 0 Å². The molecule has 4 heteroatoms. The first-order valence-electron chi connectivity index (χ1n) is 7.01. The lowest BCUT2D eigenvalue weighted by Gasteiger charge is -2.14. The Morgan fingerprint density at radius 3 is 2.89 bits per heavy atom. The van der Waals surface area contributed by atoms with Crippen molar-refractivity contribution in [3.05, 3.63) is 35.0 Å². The molecule has 2 heterocycles. The zero-order chi connectivity index (χ0) is 13.1. The van der Waals surface area contributed by atoms with Crippen LogP contribution in [0.3, 0.4) is 0 Å². The third-order valence-corrected chi connectivity index (χ3v) is 3.99. The predicted molar refractivity (Wildman–Crippen MR) is 80.7 cm³/mol. The summed E-state index contributed by atoms with van der Waals surface area (Å²) in [5, 5.41) is 5.50. The summed E-state index contributed by atoms with van der Waals surface area (Å²) in [4.78, 5) is 5.93. The highest BCUT2D eigenvalue weighted by molar-refractivity contribution is 6.31. The summed E-state index contributed by atoms with van der Waals surface area (Å²) in [6.07, 6.45) is 2.73. The molecule has 0 radical (unpaired) electrons. The molecule has 1 fully saturated rings. The molecule has 0 amide bonds. The van der Waals surface area contributed by atoms with Crippen LogP contribution in [0.2, 0.25) is 5.02 Å². The third-order valence-electron chi connectivity index (χ3n) is 3.76. The van der Waals surface area contributed by atoms with Gasteiger partial charge in [0, 0.05) is 35.9 Å². The van der Waals surface area contributed by atoms with Crippen molar-refractivity contribution in [3.8, 4) is 0 Å². The molecule has 0 atom stereocenters. The maximum absolute atomic E-state index is 5.99. The number of likely N-dealkylation sites (tertiary alicyclic amines) is 1. The Kier molecular flexibility index (Phi) is 4.06. The van der Waals surface area contributed by atoms with Crippen LogP contribution in [0.1, 0.15) is 18.5 Å². The van der Waals surface area contributed by atoms with E-state index in [4.69, 9.17) is 11.6 Å². The highest BCUT2D eigenvalue weighted by atomic mass is 35.5. The lowest BCUT2D eigenvalue weighted by molar-refractivity contribution is 0.335. The Morgan fingerprint density at radius 2 is 2.05 bits per heavy atom. The molecule has 2 N–H and O–H groups in total. The van der Waals surface area contributed by atoms with Crippen LogP contribution in [0.15, 0.2) is 24.3 Å². The zero-order valence-electron chi connectivity index (χ0n) is 11.1. The minimum atomic E-state index is 0.780. The summed E-state index contributed by atoms with van der Waals surface area (Å²) in [7, 11) is 0. The van der Waals surface area contributed by atoms with Crippen molar-refractivity contribution in [1.82, 2.24) is 15.2 Å². The molecule has 1 saturated heterocycles. The number of nitrogens with one attached hydrogen (secondary N) is 2. The lowest BCUT2D eigenvalue weighted by atomic mass is 10.2. The molecule has 3 nitrogen and oxygen atoms in total. The summed E-state index contributed by atoms with van der Waals surface area (Å²) in [6.45, 7) is 5.64. The number of benzene rings is 1. The van der Waals surface area contributed by atoms with Gasteiger partial charge < -0.3 is 15.2 Å². The molecule has 1 aliphatic rings. The Labute approximate surface area is 118 Å². The normalized spacial score (nSPS) is 16.5. The number of aromatic nitrogens is 1.